The molecule has 7 heteroatoms. The van der Waals surface area contributed by atoms with Crippen molar-refractivity contribution in [1.82, 2.24) is 4.90 Å². The van der Waals surface area contributed by atoms with Gasteiger partial charge in [0.15, 0.2) is 5.78 Å². The van der Waals surface area contributed by atoms with Gasteiger partial charge in [0.25, 0.3) is 0 Å². The maximum absolute atomic E-state index is 14.2. The molecular weight excluding hydrogens is 629 g/mol. The quantitative estimate of drug-likeness (QED) is 0.129. The minimum Gasteiger partial charge on any atom is -0.393 e. The van der Waals surface area contributed by atoms with Crippen LogP contribution >= 0.6 is 11.3 Å². The van der Waals surface area contributed by atoms with Crippen LogP contribution in [0.3, 0.4) is 0 Å². The number of carbonyl (C=O) groups is 2. The summed E-state index contributed by atoms with van der Waals surface area (Å²) in [6, 6.07) is 28.8. The standard InChI is InChI=1S/C42H48N2O4S/c1-30-11-9-23-41(2)38(36-20-18-31(27-34(45)19-17-30)28-37(36)39(46)32-12-5-3-6-13-32)21-24-42(41,48)29-44(25-22-35-16-10-26-49-35)40(47)43-33-14-7-4-8-15-33/h3-8,10-16,18,20,26,28,34,38,45,48H,9,17,19,21-25,27,29H2,1-2H3,(H,43,47)/t34-,38-,41-,42+/m0/s1. The van der Waals surface area contributed by atoms with Crippen LogP contribution < -0.4 is 5.32 Å². The monoisotopic (exact) mass is 676 g/mol. The lowest BCUT2D eigenvalue weighted by Gasteiger charge is -2.46. The first-order chi connectivity index (χ1) is 23.6. The molecule has 2 bridgehead atoms. The summed E-state index contributed by atoms with van der Waals surface area (Å²) >= 11 is 1.67. The van der Waals surface area contributed by atoms with Gasteiger partial charge in [-0.05, 0) is 105 Å². The van der Waals surface area contributed by atoms with Crippen molar-refractivity contribution in [2.24, 2.45) is 5.41 Å². The van der Waals surface area contributed by atoms with E-state index in [0.29, 0.717) is 61.9 Å². The minimum atomic E-state index is -1.21. The van der Waals surface area contributed by atoms with Gasteiger partial charge >= 0.3 is 6.03 Å². The van der Waals surface area contributed by atoms with Crippen LogP contribution in [-0.4, -0.2) is 51.7 Å². The summed E-state index contributed by atoms with van der Waals surface area (Å²) in [4.78, 5) is 31.1. The van der Waals surface area contributed by atoms with Crippen LogP contribution in [0.15, 0.2) is 108 Å². The number of nitrogens with one attached hydrogen (secondary N) is 1. The van der Waals surface area contributed by atoms with Crippen LogP contribution in [0, 0.1) is 5.41 Å². The molecule has 1 aromatic heterocycles. The number of amides is 2. The second kappa shape index (κ2) is 15.2. The van der Waals surface area contributed by atoms with E-state index in [1.165, 1.54) is 10.5 Å². The van der Waals surface area contributed by atoms with Gasteiger partial charge in [-0.15, -0.1) is 11.3 Å². The molecule has 3 aromatic carbocycles. The first kappa shape index (κ1) is 34.8. The first-order valence-electron chi connectivity index (χ1n) is 17.6. The maximum Gasteiger partial charge on any atom is 0.321 e. The van der Waals surface area contributed by atoms with Gasteiger partial charge in [-0.1, -0.05) is 85.3 Å². The predicted octanol–water partition coefficient (Wildman–Crippen LogP) is 8.79. The minimum absolute atomic E-state index is 0.0487. The largest absolute Gasteiger partial charge is 0.393 e. The Morgan fingerprint density at radius 1 is 0.959 bits per heavy atom. The highest BCUT2D eigenvalue weighted by molar-refractivity contribution is 7.09. The lowest BCUT2D eigenvalue weighted by Crippen LogP contribution is -2.54. The van der Waals surface area contributed by atoms with E-state index < -0.39 is 17.1 Å². The highest BCUT2D eigenvalue weighted by atomic mass is 32.1. The van der Waals surface area contributed by atoms with Gasteiger partial charge in [0.1, 0.15) is 0 Å². The Labute approximate surface area is 294 Å². The number of fused-ring (bicyclic) bond motifs is 8. The third-order valence-corrected chi connectivity index (χ3v) is 11.9. The van der Waals surface area contributed by atoms with E-state index in [-0.39, 0.29) is 24.3 Å². The summed E-state index contributed by atoms with van der Waals surface area (Å²) in [7, 11) is 0. The van der Waals surface area contributed by atoms with Crippen LogP contribution in [0.5, 0.6) is 0 Å². The van der Waals surface area contributed by atoms with Crippen LogP contribution in [0.25, 0.3) is 0 Å². The van der Waals surface area contributed by atoms with Crippen molar-refractivity contribution in [2.75, 3.05) is 18.4 Å². The molecular formula is C42H48N2O4S. The summed E-state index contributed by atoms with van der Waals surface area (Å²) < 4.78 is 0. The van der Waals surface area contributed by atoms with Gasteiger partial charge in [-0.2, -0.15) is 0 Å². The molecule has 6 nitrogen and oxygen atoms in total. The topological polar surface area (TPSA) is 89.9 Å². The molecule has 1 saturated carbocycles. The molecule has 3 N–H and O–H groups in total. The van der Waals surface area contributed by atoms with Gasteiger partial charge in [0.2, 0.25) is 0 Å². The lowest BCUT2D eigenvalue weighted by molar-refractivity contribution is -0.0762. The second-order valence-electron chi connectivity index (χ2n) is 14.2. The Hall–Kier alpha value is -4.04. The molecule has 0 aliphatic heterocycles. The molecule has 3 aliphatic carbocycles. The molecule has 1 heterocycles. The zero-order chi connectivity index (χ0) is 34.4. The molecule has 0 radical (unpaired) electrons. The SMILES string of the molecule is CC1=CCC[C@@]2(C)[C@@H](CC[C@@]2(O)CN(CCc2cccs2)C(=O)Nc2ccccc2)c2ccc(cc2C(=O)c2ccccc2)C[C@@H](O)CC1. The zero-order valence-electron chi connectivity index (χ0n) is 28.6. The zero-order valence-corrected chi connectivity index (χ0v) is 29.4. The summed E-state index contributed by atoms with van der Waals surface area (Å²) in [5.74, 6) is -0.167. The molecule has 49 heavy (non-hydrogen) atoms. The fourth-order valence-electron chi connectivity index (χ4n) is 7.93. The number of hydrogen-bond acceptors (Lipinski definition) is 5. The van der Waals surface area contributed by atoms with Crippen molar-refractivity contribution < 1.29 is 19.8 Å². The number of nitrogens with zero attached hydrogens (tertiary/aromatic N) is 1. The number of anilines is 1. The van der Waals surface area contributed by atoms with Crippen molar-refractivity contribution in [3.05, 3.63) is 135 Å². The van der Waals surface area contributed by atoms with E-state index in [1.807, 2.05) is 84.2 Å². The predicted molar refractivity (Wildman–Crippen MR) is 198 cm³/mol. The van der Waals surface area contributed by atoms with Gasteiger partial charge in [-0.3, -0.25) is 4.79 Å². The number of para-hydroxylation sites is 1. The number of carbonyl (C=O) groups excluding carboxylic acids is 2. The molecule has 0 unspecified atom stereocenters. The van der Waals surface area contributed by atoms with E-state index in [9.17, 15) is 19.8 Å². The summed E-state index contributed by atoms with van der Waals surface area (Å²) in [6.07, 6.45) is 6.98. The fourth-order valence-corrected chi connectivity index (χ4v) is 8.63. The molecule has 1 fully saturated rings. The molecule has 4 atom stereocenters. The van der Waals surface area contributed by atoms with Gasteiger partial charge < -0.3 is 20.4 Å². The number of hydrogen-bond donors (Lipinski definition) is 3. The van der Waals surface area contributed by atoms with Crippen molar-refractivity contribution in [2.45, 2.75) is 82.8 Å². The highest BCUT2D eigenvalue weighted by Crippen LogP contribution is 2.59. The number of ketones is 1. The van der Waals surface area contributed by atoms with Crippen molar-refractivity contribution in [3.8, 4) is 0 Å². The van der Waals surface area contributed by atoms with E-state index >= 15 is 0 Å². The summed E-state index contributed by atoms with van der Waals surface area (Å²) in [5.41, 5.74) is 3.21. The van der Waals surface area contributed by atoms with Gasteiger partial charge in [-0.25, -0.2) is 4.79 Å². The van der Waals surface area contributed by atoms with E-state index in [2.05, 4.69) is 37.4 Å². The van der Waals surface area contributed by atoms with E-state index in [1.54, 1.807) is 16.2 Å². The normalized spacial score (nSPS) is 24.0. The average Bonchev–Trinajstić information content (AvgIpc) is 3.72. The van der Waals surface area contributed by atoms with E-state index in [0.717, 1.165) is 24.0 Å². The number of rotatable bonds is 8. The maximum atomic E-state index is 14.2. The van der Waals surface area contributed by atoms with Gasteiger partial charge in [0.05, 0.1) is 18.2 Å². The van der Waals surface area contributed by atoms with E-state index in [4.69, 9.17) is 0 Å². The number of benzene rings is 3. The van der Waals surface area contributed by atoms with Crippen LogP contribution in [0.1, 0.15) is 90.2 Å². The lowest BCUT2D eigenvalue weighted by atomic mass is 9.64. The first-order valence-corrected chi connectivity index (χ1v) is 18.5. The second-order valence-corrected chi connectivity index (χ2v) is 15.2. The average molecular weight is 677 g/mol. The van der Waals surface area contributed by atoms with Crippen LogP contribution in [0.4, 0.5) is 10.5 Å². The summed E-state index contributed by atoms with van der Waals surface area (Å²) in [6.45, 7) is 4.93. The molecule has 256 valence electrons. The smallest absolute Gasteiger partial charge is 0.321 e. The van der Waals surface area contributed by atoms with Crippen molar-refractivity contribution in [1.29, 1.82) is 0 Å². The Kier molecular flexibility index (Phi) is 10.8. The van der Waals surface area contributed by atoms with Crippen LogP contribution in [0.2, 0.25) is 0 Å². The molecule has 2 amide bonds. The number of aliphatic hydroxyl groups is 2. The highest BCUT2D eigenvalue weighted by Gasteiger charge is 2.57. The molecule has 0 spiro atoms. The molecule has 7 rings (SSSR count). The Bertz CT molecular complexity index is 1760. The number of allylic oxidation sites excluding steroid dienone is 2. The Morgan fingerprint density at radius 3 is 2.45 bits per heavy atom. The van der Waals surface area contributed by atoms with Crippen LogP contribution in [-0.2, 0) is 12.8 Å². The van der Waals surface area contributed by atoms with Crippen molar-refractivity contribution >= 4 is 28.8 Å². The third kappa shape index (κ3) is 7.90. The number of thiophene rings is 1. The third-order valence-electron chi connectivity index (χ3n) is 10.9. The molecule has 4 aromatic rings. The fraction of sp³-hybridized carbons (Fsp3) is 0.381. The number of aliphatic hydroxyl groups excluding tert-OH is 1. The molecule has 3 aliphatic rings. The Balaban J connectivity index is 1.39. The Morgan fingerprint density at radius 2 is 1.71 bits per heavy atom. The number of urea groups is 1. The molecule has 0 saturated heterocycles. The van der Waals surface area contributed by atoms with Crippen molar-refractivity contribution in [3.63, 3.8) is 0 Å². The van der Waals surface area contributed by atoms with Gasteiger partial charge in [0, 0.05) is 33.7 Å². The summed E-state index contributed by atoms with van der Waals surface area (Å²) in [5, 5.41) is 29.0.